The van der Waals surface area contributed by atoms with E-state index in [9.17, 15) is 18.3 Å². The number of aliphatic hydroxyl groups excluding tert-OH is 2. The second-order valence-corrected chi connectivity index (χ2v) is 6.15. The van der Waals surface area contributed by atoms with Crippen LogP contribution in [0.15, 0.2) is 41.3 Å². The molecule has 0 radical (unpaired) electrons. The number of hydrogen-bond donors (Lipinski definition) is 2. The third-order valence-electron chi connectivity index (χ3n) is 2.98. The van der Waals surface area contributed by atoms with E-state index >= 15 is 0 Å². The summed E-state index contributed by atoms with van der Waals surface area (Å²) in [4.78, 5) is 0.560. The Labute approximate surface area is 134 Å². The molecule has 22 heavy (non-hydrogen) atoms. The van der Waals surface area contributed by atoms with Crippen LogP contribution in [-0.4, -0.2) is 22.9 Å². The highest BCUT2D eigenvalue weighted by Crippen LogP contribution is 2.40. The van der Waals surface area contributed by atoms with Crippen molar-refractivity contribution in [1.82, 2.24) is 0 Å². The van der Waals surface area contributed by atoms with E-state index in [2.05, 4.69) is 0 Å². The van der Waals surface area contributed by atoms with E-state index in [-0.39, 0.29) is 0 Å². The van der Waals surface area contributed by atoms with Crippen LogP contribution in [-0.2, 0) is 0 Å². The van der Waals surface area contributed by atoms with Gasteiger partial charge in [0.1, 0.15) is 5.82 Å². The molecule has 2 atom stereocenters. The zero-order valence-electron chi connectivity index (χ0n) is 11.1. The zero-order valence-corrected chi connectivity index (χ0v) is 12.7. The van der Waals surface area contributed by atoms with E-state index in [1.54, 1.807) is 24.3 Å². The molecule has 2 unspecified atom stereocenters. The van der Waals surface area contributed by atoms with Gasteiger partial charge in [0, 0.05) is 15.5 Å². The summed E-state index contributed by atoms with van der Waals surface area (Å²) in [6, 6.07) is 7.80. The molecule has 2 rings (SSSR count). The van der Waals surface area contributed by atoms with Gasteiger partial charge in [-0.15, -0.1) is 11.8 Å². The molecule has 118 valence electrons. The maximum Gasteiger partial charge on any atom is 0.166 e. The Morgan fingerprint density at radius 2 is 1.59 bits per heavy atom. The highest BCUT2D eigenvalue weighted by atomic mass is 35.5. The van der Waals surface area contributed by atoms with Crippen molar-refractivity contribution < 1.29 is 23.4 Å². The minimum Gasteiger partial charge on any atom is -0.394 e. The van der Waals surface area contributed by atoms with E-state index in [1.165, 1.54) is 0 Å². The molecule has 0 aliphatic carbocycles. The summed E-state index contributed by atoms with van der Waals surface area (Å²) in [5.41, 5.74) is -0.610. The standard InChI is InChI=1S/C15H12ClF3O2S/c16-8-1-3-9(4-2-8)22-15(12(21)7-20)13-10(17)5-6-11(18)14(13)19/h1-6,12,15,20-21H,7H2. The highest BCUT2D eigenvalue weighted by Gasteiger charge is 2.29. The number of hydrogen-bond acceptors (Lipinski definition) is 3. The molecule has 0 saturated heterocycles. The molecule has 2 N–H and O–H groups in total. The molecule has 7 heteroatoms. The Bertz CT molecular complexity index is 652. The van der Waals surface area contributed by atoms with Crippen molar-refractivity contribution >= 4 is 23.4 Å². The number of benzene rings is 2. The first-order valence-corrected chi connectivity index (χ1v) is 7.54. The normalized spacial score (nSPS) is 13.9. The fraction of sp³-hybridized carbons (Fsp3) is 0.200. The minimum atomic E-state index is -1.47. The number of rotatable bonds is 5. The van der Waals surface area contributed by atoms with Crippen LogP contribution in [0.2, 0.25) is 5.02 Å². The lowest BCUT2D eigenvalue weighted by Crippen LogP contribution is -2.22. The molecule has 0 aliphatic rings. The van der Waals surface area contributed by atoms with Gasteiger partial charge < -0.3 is 10.2 Å². The summed E-state index contributed by atoms with van der Waals surface area (Å²) in [5, 5.41) is 18.3. The lowest BCUT2D eigenvalue weighted by Gasteiger charge is -2.22. The SMILES string of the molecule is OCC(O)C(Sc1ccc(Cl)cc1)c1c(F)ccc(F)c1F. The van der Waals surface area contributed by atoms with Gasteiger partial charge in [-0.25, -0.2) is 13.2 Å². The van der Waals surface area contributed by atoms with Gasteiger partial charge in [0.25, 0.3) is 0 Å². The Morgan fingerprint density at radius 1 is 1.00 bits per heavy atom. The van der Waals surface area contributed by atoms with Crippen LogP contribution in [0, 0.1) is 17.5 Å². The fourth-order valence-corrected chi connectivity index (χ4v) is 3.18. The summed E-state index contributed by atoms with van der Waals surface area (Å²) in [6.07, 6.45) is -1.47. The Morgan fingerprint density at radius 3 is 2.18 bits per heavy atom. The average molecular weight is 349 g/mol. The molecule has 2 aromatic rings. The quantitative estimate of drug-likeness (QED) is 0.635. The predicted molar refractivity (Wildman–Crippen MR) is 79.5 cm³/mol. The first kappa shape index (κ1) is 17.1. The third kappa shape index (κ3) is 3.76. The molecular weight excluding hydrogens is 337 g/mol. The van der Waals surface area contributed by atoms with Crippen molar-refractivity contribution in [3.63, 3.8) is 0 Å². The Kier molecular flexibility index (Phi) is 5.74. The van der Waals surface area contributed by atoms with Crippen LogP contribution >= 0.6 is 23.4 Å². The number of aliphatic hydroxyl groups is 2. The summed E-state index contributed by atoms with van der Waals surface area (Å²) >= 11 is 6.66. The molecule has 0 spiro atoms. The molecular formula is C15H12ClF3O2S. The summed E-state index contributed by atoms with van der Waals surface area (Å²) < 4.78 is 41.2. The lowest BCUT2D eigenvalue weighted by molar-refractivity contribution is 0.0914. The van der Waals surface area contributed by atoms with Gasteiger partial charge in [0.05, 0.1) is 18.0 Å². The largest absolute Gasteiger partial charge is 0.394 e. The van der Waals surface area contributed by atoms with Crippen LogP contribution in [0.1, 0.15) is 10.8 Å². The lowest BCUT2D eigenvalue weighted by atomic mass is 10.1. The maximum absolute atomic E-state index is 13.9. The van der Waals surface area contributed by atoms with Crippen molar-refractivity contribution in [2.75, 3.05) is 6.61 Å². The van der Waals surface area contributed by atoms with Crippen molar-refractivity contribution in [2.45, 2.75) is 16.2 Å². The number of halogens is 4. The van der Waals surface area contributed by atoms with Crippen molar-refractivity contribution in [1.29, 1.82) is 0 Å². The van der Waals surface area contributed by atoms with Gasteiger partial charge in [0.2, 0.25) is 0 Å². The smallest absolute Gasteiger partial charge is 0.166 e. The van der Waals surface area contributed by atoms with Gasteiger partial charge in [-0.3, -0.25) is 0 Å². The van der Waals surface area contributed by atoms with Crippen LogP contribution in [0.3, 0.4) is 0 Å². The molecule has 2 aromatic carbocycles. The highest BCUT2D eigenvalue weighted by molar-refractivity contribution is 7.99. The van der Waals surface area contributed by atoms with Crippen LogP contribution < -0.4 is 0 Å². The van der Waals surface area contributed by atoms with Crippen molar-refractivity contribution in [2.24, 2.45) is 0 Å². The molecule has 0 heterocycles. The first-order chi connectivity index (χ1) is 10.4. The second kappa shape index (κ2) is 7.37. The second-order valence-electron chi connectivity index (χ2n) is 4.50. The number of thioether (sulfide) groups is 1. The first-order valence-electron chi connectivity index (χ1n) is 6.28. The molecule has 0 bridgehead atoms. The third-order valence-corrected chi connectivity index (χ3v) is 4.58. The monoisotopic (exact) mass is 348 g/mol. The van der Waals surface area contributed by atoms with E-state index in [4.69, 9.17) is 16.7 Å². The minimum absolute atomic E-state index is 0.478. The molecule has 0 aliphatic heterocycles. The van der Waals surface area contributed by atoms with Crippen molar-refractivity contribution in [3.05, 3.63) is 64.4 Å². The summed E-state index contributed by atoms with van der Waals surface area (Å²) in [7, 11) is 0. The molecule has 2 nitrogen and oxygen atoms in total. The van der Waals surface area contributed by atoms with E-state index < -0.39 is 41.0 Å². The topological polar surface area (TPSA) is 40.5 Å². The van der Waals surface area contributed by atoms with Gasteiger partial charge >= 0.3 is 0 Å². The summed E-state index contributed by atoms with van der Waals surface area (Å²) in [6.45, 7) is -0.722. The molecule has 0 amide bonds. The van der Waals surface area contributed by atoms with Crippen molar-refractivity contribution in [3.8, 4) is 0 Å². The molecule has 0 saturated carbocycles. The van der Waals surface area contributed by atoms with E-state index in [0.29, 0.717) is 16.0 Å². The Balaban J connectivity index is 2.43. The maximum atomic E-state index is 13.9. The molecule has 0 aromatic heterocycles. The average Bonchev–Trinajstić information content (AvgIpc) is 2.51. The zero-order chi connectivity index (χ0) is 16.3. The van der Waals surface area contributed by atoms with Gasteiger partial charge in [0.15, 0.2) is 11.6 Å². The van der Waals surface area contributed by atoms with Gasteiger partial charge in [-0.1, -0.05) is 11.6 Å². The Hall–Kier alpha value is -1.21. The van der Waals surface area contributed by atoms with Gasteiger partial charge in [-0.2, -0.15) is 0 Å². The van der Waals surface area contributed by atoms with E-state index in [0.717, 1.165) is 17.8 Å². The fourth-order valence-electron chi connectivity index (χ4n) is 1.89. The summed E-state index contributed by atoms with van der Waals surface area (Å²) in [5.74, 6) is -3.58. The van der Waals surface area contributed by atoms with Crippen LogP contribution in [0.25, 0.3) is 0 Å². The van der Waals surface area contributed by atoms with E-state index in [1.807, 2.05) is 0 Å². The molecule has 0 fully saturated rings. The van der Waals surface area contributed by atoms with Gasteiger partial charge in [-0.05, 0) is 36.4 Å². The predicted octanol–water partition coefficient (Wildman–Crippen LogP) is 3.94. The van der Waals surface area contributed by atoms with Crippen LogP contribution in [0.5, 0.6) is 0 Å². The van der Waals surface area contributed by atoms with Crippen LogP contribution in [0.4, 0.5) is 13.2 Å².